The fourth-order valence-electron chi connectivity index (χ4n) is 1.29. The van der Waals surface area contributed by atoms with Crippen LogP contribution in [0.5, 0.6) is 11.5 Å². The molecule has 92 valence electrons. The molecule has 6 heteroatoms. The van der Waals surface area contributed by atoms with Crippen LogP contribution in [0, 0.1) is 11.6 Å². The molecule has 0 spiro atoms. The molecule has 0 unspecified atom stereocenters. The molecule has 2 aromatic rings. The van der Waals surface area contributed by atoms with Crippen LogP contribution >= 0.6 is 0 Å². The maximum absolute atomic E-state index is 13.3. The van der Waals surface area contributed by atoms with Crippen molar-refractivity contribution >= 4 is 5.97 Å². The fraction of sp³-hybridized carbons (Fsp3) is 0. The van der Waals surface area contributed by atoms with Crippen LogP contribution in [-0.4, -0.2) is 16.1 Å². The summed E-state index contributed by atoms with van der Waals surface area (Å²) < 4.78 is 31.6. The van der Waals surface area contributed by atoms with Crippen molar-refractivity contribution in [3.63, 3.8) is 0 Å². The number of para-hydroxylation sites is 1. The summed E-state index contributed by atoms with van der Waals surface area (Å²) >= 11 is 0. The maximum Gasteiger partial charge on any atom is 0.354 e. The van der Waals surface area contributed by atoms with Gasteiger partial charge in [0.05, 0.1) is 0 Å². The molecule has 0 saturated heterocycles. The van der Waals surface area contributed by atoms with Crippen molar-refractivity contribution in [2.45, 2.75) is 0 Å². The van der Waals surface area contributed by atoms with E-state index in [1.54, 1.807) is 0 Å². The Morgan fingerprint density at radius 2 is 1.89 bits per heavy atom. The first-order valence-corrected chi connectivity index (χ1v) is 4.89. The Hall–Kier alpha value is -2.50. The molecule has 0 aliphatic carbocycles. The van der Waals surface area contributed by atoms with E-state index in [1.165, 1.54) is 18.3 Å². The average Bonchev–Trinajstić information content (AvgIpc) is 2.34. The Kier molecular flexibility index (Phi) is 3.18. The minimum atomic E-state index is -1.26. The molecule has 0 saturated carbocycles. The number of aromatic carboxylic acids is 1. The summed E-state index contributed by atoms with van der Waals surface area (Å²) in [5.74, 6) is -3.59. The molecular formula is C12H7F2NO3. The number of carboxylic acids is 1. The lowest BCUT2D eigenvalue weighted by molar-refractivity contribution is 0.0690. The fourth-order valence-corrected chi connectivity index (χ4v) is 1.29. The molecule has 0 aliphatic heterocycles. The number of ether oxygens (including phenoxy) is 1. The van der Waals surface area contributed by atoms with Gasteiger partial charge in [-0.3, -0.25) is 0 Å². The number of pyridine rings is 1. The molecular weight excluding hydrogens is 244 g/mol. The lowest BCUT2D eigenvalue weighted by Crippen LogP contribution is -2.00. The van der Waals surface area contributed by atoms with Crippen molar-refractivity contribution in [3.8, 4) is 11.5 Å². The van der Waals surface area contributed by atoms with Gasteiger partial charge >= 0.3 is 5.97 Å². The highest BCUT2D eigenvalue weighted by atomic mass is 19.1. The zero-order chi connectivity index (χ0) is 13.1. The van der Waals surface area contributed by atoms with Crippen LogP contribution in [0.25, 0.3) is 0 Å². The minimum Gasteiger partial charge on any atom is -0.477 e. The van der Waals surface area contributed by atoms with E-state index < -0.39 is 23.4 Å². The van der Waals surface area contributed by atoms with Crippen LogP contribution in [0.3, 0.4) is 0 Å². The van der Waals surface area contributed by atoms with E-state index in [0.717, 1.165) is 18.2 Å². The van der Waals surface area contributed by atoms with Gasteiger partial charge in [-0.1, -0.05) is 6.07 Å². The van der Waals surface area contributed by atoms with Gasteiger partial charge < -0.3 is 9.84 Å². The third-order valence-electron chi connectivity index (χ3n) is 2.09. The van der Waals surface area contributed by atoms with Crippen LogP contribution in [0.1, 0.15) is 10.5 Å². The largest absolute Gasteiger partial charge is 0.477 e. The number of nitrogens with zero attached hydrogens (tertiary/aromatic N) is 1. The third-order valence-corrected chi connectivity index (χ3v) is 2.09. The first kappa shape index (κ1) is 12.0. The topological polar surface area (TPSA) is 59.4 Å². The molecule has 0 radical (unpaired) electrons. The molecule has 2 rings (SSSR count). The second-order valence-corrected chi connectivity index (χ2v) is 3.33. The predicted octanol–water partition coefficient (Wildman–Crippen LogP) is 2.85. The highest BCUT2D eigenvalue weighted by Crippen LogP contribution is 2.27. The Bertz CT molecular complexity index is 581. The summed E-state index contributed by atoms with van der Waals surface area (Å²) in [5.41, 5.74) is -0.274. The van der Waals surface area contributed by atoms with E-state index in [0.29, 0.717) is 0 Å². The third kappa shape index (κ3) is 2.42. The van der Waals surface area contributed by atoms with Gasteiger partial charge in [-0.25, -0.2) is 18.6 Å². The molecule has 1 heterocycles. The number of carbonyl (C=O) groups is 1. The van der Waals surface area contributed by atoms with E-state index in [2.05, 4.69) is 4.98 Å². The summed E-state index contributed by atoms with van der Waals surface area (Å²) in [6.07, 6.45) is 1.18. The van der Waals surface area contributed by atoms with Crippen molar-refractivity contribution in [2.75, 3.05) is 0 Å². The molecule has 1 N–H and O–H groups in total. The van der Waals surface area contributed by atoms with Gasteiger partial charge in [-0.05, 0) is 18.2 Å². The minimum absolute atomic E-state index is 0.00796. The SMILES string of the molecule is O=C(O)c1cc(Oc2c(F)cccc2F)ccn1. The average molecular weight is 251 g/mol. The van der Waals surface area contributed by atoms with Gasteiger partial charge in [0, 0.05) is 12.3 Å². The number of hydrogen-bond donors (Lipinski definition) is 1. The van der Waals surface area contributed by atoms with Crippen molar-refractivity contribution in [2.24, 2.45) is 0 Å². The quantitative estimate of drug-likeness (QED) is 0.911. The molecule has 0 atom stereocenters. The Labute approximate surface area is 100 Å². The number of rotatable bonds is 3. The van der Waals surface area contributed by atoms with Crippen LogP contribution in [-0.2, 0) is 0 Å². The van der Waals surface area contributed by atoms with Gasteiger partial charge in [0.1, 0.15) is 5.75 Å². The zero-order valence-electron chi connectivity index (χ0n) is 8.93. The molecule has 18 heavy (non-hydrogen) atoms. The number of carboxylic acid groups (broad SMARTS) is 1. The monoisotopic (exact) mass is 251 g/mol. The summed E-state index contributed by atoms with van der Waals surface area (Å²) in [6.45, 7) is 0. The lowest BCUT2D eigenvalue weighted by atomic mass is 10.3. The molecule has 1 aromatic carbocycles. The van der Waals surface area contributed by atoms with Crippen molar-refractivity contribution < 1.29 is 23.4 Å². The van der Waals surface area contributed by atoms with Crippen LogP contribution in [0.2, 0.25) is 0 Å². The highest BCUT2D eigenvalue weighted by Gasteiger charge is 2.12. The zero-order valence-corrected chi connectivity index (χ0v) is 8.93. The van der Waals surface area contributed by atoms with Crippen molar-refractivity contribution in [1.29, 1.82) is 0 Å². The number of benzene rings is 1. The lowest BCUT2D eigenvalue weighted by Gasteiger charge is -2.07. The highest BCUT2D eigenvalue weighted by molar-refractivity contribution is 5.85. The van der Waals surface area contributed by atoms with E-state index in [1.807, 2.05) is 0 Å². The van der Waals surface area contributed by atoms with Gasteiger partial charge in [0.15, 0.2) is 23.1 Å². The summed E-state index contributed by atoms with van der Waals surface area (Å²) in [7, 11) is 0. The molecule has 4 nitrogen and oxygen atoms in total. The van der Waals surface area contributed by atoms with Gasteiger partial charge in [0.2, 0.25) is 0 Å². The molecule has 0 amide bonds. The summed E-state index contributed by atoms with van der Waals surface area (Å²) in [6, 6.07) is 5.66. The number of hydrogen-bond acceptors (Lipinski definition) is 3. The molecule has 0 aliphatic rings. The molecule has 1 aromatic heterocycles. The molecule has 0 fully saturated rings. The van der Waals surface area contributed by atoms with E-state index in [4.69, 9.17) is 9.84 Å². The first-order chi connectivity index (χ1) is 8.58. The van der Waals surface area contributed by atoms with Crippen molar-refractivity contribution in [1.82, 2.24) is 4.98 Å². The standard InChI is InChI=1S/C12H7F2NO3/c13-8-2-1-3-9(14)11(8)18-7-4-5-15-10(6-7)12(16)17/h1-6H,(H,16,17). The van der Waals surface area contributed by atoms with Crippen LogP contribution in [0.4, 0.5) is 8.78 Å². The van der Waals surface area contributed by atoms with E-state index >= 15 is 0 Å². The summed E-state index contributed by atoms with van der Waals surface area (Å²) in [5, 5.41) is 8.72. The normalized spacial score (nSPS) is 10.1. The summed E-state index contributed by atoms with van der Waals surface area (Å²) in [4.78, 5) is 14.2. The second-order valence-electron chi connectivity index (χ2n) is 3.33. The second kappa shape index (κ2) is 4.79. The Morgan fingerprint density at radius 1 is 1.22 bits per heavy atom. The first-order valence-electron chi connectivity index (χ1n) is 4.89. The van der Waals surface area contributed by atoms with E-state index in [-0.39, 0.29) is 11.4 Å². The van der Waals surface area contributed by atoms with Crippen molar-refractivity contribution in [3.05, 3.63) is 53.9 Å². The number of halogens is 2. The van der Waals surface area contributed by atoms with Gasteiger partial charge in [-0.15, -0.1) is 0 Å². The van der Waals surface area contributed by atoms with Crippen LogP contribution in [0.15, 0.2) is 36.5 Å². The Morgan fingerprint density at radius 3 is 2.50 bits per heavy atom. The smallest absolute Gasteiger partial charge is 0.354 e. The predicted molar refractivity (Wildman–Crippen MR) is 57.6 cm³/mol. The number of aromatic nitrogens is 1. The maximum atomic E-state index is 13.3. The Balaban J connectivity index is 2.34. The van der Waals surface area contributed by atoms with Gasteiger partial charge in [-0.2, -0.15) is 0 Å². The van der Waals surface area contributed by atoms with Gasteiger partial charge in [0.25, 0.3) is 0 Å². The van der Waals surface area contributed by atoms with E-state index in [9.17, 15) is 13.6 Å². The van der Waals surface area contributed by atoms with Crippen LogP contribution < -0.4 is 4.74 Å². The molecule has 0 bridgehead atoms.